The van der Waals surface area contributed by atoms with Crippen molar-refractivity contribution in [3.05, 3.63) is 0 Å². The molecule has 0 radical (unpaired) electrons. The minimum absolute atomic E-state index is 0.224. The number of rotatable bonds is 6. The van der Waals surface area contributed by atoms with Crippen molar-refractivity contribution in [2.45, 2.75) is 39.3 Å². The third-order valence-corrected chi connectivity index (χ3v) is 2.44. The predicted octanol–water partition coefficient (Wildman–Crippen LogP) is 0.443. The van der Waals surface area contributed by atoms with Crippen LogP contribution >= 0.6 is 0 Å². The molecular formula is C11H20N2O5. The van der Waals surface area contributed by atoms with Gasteiger partial charge < -0.3 is 20.1 Å². The van der Waals surface area contributed by atoms with E-state index in [2.05, 4.69) is 5.32 Å². The van der Waals surface area contributed by atoms with Gasteiger partial charge in [0.15, 0.2) is 0 Å². The summed E-state index contributed by atoms with van der Waals surface area (Å²) in [5, 5.41) is 11.3. The first-order chi connectivity index (χ1) is 8.34. The SMILES string of the molecule is CCOC(=O)C(C)NC(=O)N(C)C(CC)C(=O)O. The van der Waals surface area contributed by atoms with Gasteiger partial charge in [-0.05, 0) is 20.3 Å². The zero-order valence-corrected chi connectivity index (χ0v) is 11.1. The zero-order valence-electron chi connectivity index (χ0n) is 11.1. The van der Waals surface area contributed by atoms with E-state index in [0.29, 0.717) is 0 Å². The molecular weight excluding hydrogens is 240 g/mol. The van der Waals surface area contributed by atoms with Gasteiger partial charge in [-0.3, -0.25) is 0 Å². The maximum atomic E-state index is 11.7. The summed E-state index contributed by atoms with van der Waals surface area (Å²) < 4.78 is 4.73. The van der Waals surface area contributed by atoms with Crippen LogP contribution in [0.15, 0.2) is 0 Å². The molecule has 0 rings (SSSR count). The molecule has 0 aromatic rings. The summed E-state index contributed by atoms with van der Waals surface area (Å²) in [6, 6.07) is -2.35. The number of hydrogen-bond donors (Lipinski definition) is 2. The van der Waals surface area contributed by atoms with Crippen molar-refractivity contribution in [1.82, 2.24) is 10.2 Å². The molecule has 0 saturated heterocycles. The van der Waals surface area contributed by atoms with E-state index in [0.717, 1.165) is 4.90 Å². The number of carboxylic acid groups (broad SMARTS) is 1. The highest BCUT2D eigenvalue weighted by atomic mass is 16.5. The van der Waals surface area contributed by atoms with Gasteiger partial charge in [0.05, 0.1) is 6.61 Å². The molecule has 7 nitrogen and oxygen atoms in total. The van der Waals surface area contributed by atoms with E-state index in [-0.39, 0.29) is 13.0 Å². The average molecular weight is 260 g/mol. The second-order valence-corrected chi connectivity index (χ2v) is 3.80. The van der Waals surface area contributed by atoms with Gasteiger partial charge in [0.2, 0.25) is 0 Å². The summed E-state index contributed by atoms with van der Waals surface area (Å²) in [4.78, 5) is 35.0. The van der Waals surface area contributed by atoms with Gasteiger partial charge >= 0.3 is 18.0 Å². The van der Waals surface area contributed by atoms with Crippen LogP contribution in [0, 0.1) is 0 Å². The van der Waals surface area contributed by atoms with Crippen LogP contribution in [-0.4, -0.2) is 53.7 Å². The summed E-state index contributed by atoms with van der Waals surface area (Å²) >= 11 is 0. The van der Waals surface area contributed by atoms with Gasteiger partial charge in [0.1, 0.15) is 12.1 Å². The number of carbonyl (C=O) groups is 3. The summed E-state index contributed by atoms with van der Waals surface area (Å²) in [6.45, 7) is 5.03. The van der Waals surface area contributed by atoms with E-state index in [9.17, 15) is 14.4 Å². The van der Waals surface area contributed by atoms with Gasteiger partial charge in [0, 0.05) is 7.05 Å². The van der Waals surface area contributed by atoms with Gasteiger partial charge in [-0.15, -0.1) is 0 Å². The quantitative estimate of drug-likeness (QED) is 0.676. The van der Waals surface area contributed by atoms with E-state index in [4.69, 9.17) is 9.84 Å². The van der Waals surface area contributed by atoms with Crippen LogP contribution in [0.2, 0.25) is 0 Å². The Morgan fingerprint density at radius 2 is 1.89 bits per heavy atom. The summed E-state index contributed by atoms with van der Waals surface area (Å²) in [6.07, 6.45) is 0.285. The first kappa shape index (κ1) is 16.2. The number of amides is 2. The van der Waals surface area contributed by atoms with Gasteiger partial charge in [-0.1, -0.05) is 6.92 Å². The number of ether oxygens (including phenoxy) is 1. The van der Waals surface area contributed by atoms with Crippen molar-refractivity contribution in [1.29, 1.82) is 0 Å². The number of urea groups is 1. The third-order valence-electron chi connectivity index (χ3n) is 2.44. The number of nitrogens with zero attached hydrogens (tertiary/aromatic N) is 1. The van der Waals surface area contributed by atoms with Crippen LogP contribution < -0.4 is 5.32 Å². The summed E-state index contributed by atoms with van der Waals surface area (Å²) in [7, 11) is 1.37. The fraction of sp³-hybridized carbons (Fsp3) is 0.727. The third kappa shape index (κ3) is 4.60. The normalized spacial score (nSPS) is 13.3. The average Bonchev–Trinajstić information content (AvgIpc) is 2.29. The topological polar surface area (TPSA) is 95.9 Å². The Kier molecular flexibility index (Phi) is 6.77. The Morgan fingerprint density at radius 1 is 1.33 bits per heavy atom. The van der Waals surface area contributed by atoms with E-state index >= 15 is 0 Å². The van der Waals surface area contributed by atoms with Crippen LogP contribution in [0.3, 0.4) is 0 Å². The van der Waals surface area contributed by atoms with E-state index in [1.807, 2.05) is 0 Å². The number of likely N-dealkylation sites (N-methyl/N-ethyl adjacent to an activating group) is 1. The Hall–Kier alpha value is -1.79. The lowest BCUT2D eigenvalue weighted by Gasteiger charge is -2.25. The zero-order chi connectivity index (χ0) is 14.3. The highest BCUT2D eigenvalue weighted by Gasteiger charge is 2.26. The first-order valence-corrected chi connectivity index (χ1v) is 5.77. The van der Waals surface area contributed by atoms with Crippen molar-refractivity contribution in [3.63, 3.8) is 0 Å². The molecule has 0 bridgehead atoms. The van der Waals surface area contributed by atoms with Crippen LogP contribution in [0.25, 0.3) is 0 Å². The number of carbonyl (C=O) groups excluding carboxylic acids is 2. The molecule has 2 N–H and O–H groups in total. The molecule has 7 heteroatoms. The number of carboxylic acids is 1. The maximum Gasteiger partial charge on any atom is 0.328 e. The van der Waals surface area contributed by atoms with Gasteiger partial charge in [-0.2, -0.15) is 0 Å². The van der Waals surface area contributed by atoms with Crippen LogP contribution in [0.5, 0.6) is 0 Å². The number of esters is 1. The Morgan fingerprint density at radius 3 is 2.28 bits per heavy atom. The molecule has 0 aromatic carbocycles. The number of hydrogen-bond acceptors (Lipinski definition) is 4. The molecule has 2 atom stereocenters. The molecule has 104 valence electrons. The number of aliphatic carboxylic acids is 1. The van der Waals surface area contributed by atoms with Crippen LogP contribution in [0.1, 0.15) is 27.2 Å². The minimum atomic E-state index is -1.08. The highest BCUT2D eigenvalue weighted by molar-refractivity contribution is 5.86. The Bertz CT molecular complexity index is 319. The second kappa shape index (κ2) is 7.52. The van der Waals surface area contributed by atoms with Crippen molar-refractivity contribution < 1.29 is 24.2 Å². The van der Waals surface area contributed by atoms with Crippen molar-refractivity contribution in [2.75, 3.05) is 13.7 Å². The molecule has 0 aliphatic carbocycles. The largest absolute Gasteiger partial charge is 0.480 e. The standard InChI is InChI=1S/C11H20N2O5/c1-5-8(9(14)15)13(4)11(17)12-7(3)10(16)18-6-2/h7-8H,5-6H2,1-4H3,(H,12,17)(H,14,15). The van der Waals surface area contributed by atoms with E-state index in [1.54, 1.807) is 13.8 Å². The van der Waals surface area contributed by atoms with E-state index < -0.39 is 30.1 Å². The molecule has 0 heterocycles. The van der Waals surface area contributed by atoms with Gasteiger partial charge in [0.25, 0.3) is 0 Å². The summed E-state index contributed by atoms with van der Waals surface area (Å²) in [5.41, 5.74) is 0. The Labute approximate surface area is 106 Å². The molecule has 0 aliphatic rings. The first-order valence-electron chi connectivity index (χ1n) is 5.77. The molecule has 0 aliphatic heterocycles. The lowest BCUT2D eigenvalue weighted by Crippen LogP contribution is -2.51. The molecule has 0 saturated carbocycles. The molecule has 2 amide bonds. The number of nitrogens with one attached hydrogen (secondary N) is 1. The molecule has 0 fully saturated rings. The lowest BCUT2D eigenvalue weighted by atomic mass is 10.2. The van der Waals surface area contributed by atoms with Gasteiger partial charge in [-0.25, -0.2) is 14.4 Å². The molecule has 2 unspecified atom stereocenters. The van der Waals surface area contributed by atoms with Crippen LogP contribution in [-0.2, 0) is 14.3 Å². The van der Waals surface area contributed by atoms with Crippen LogP contribution in [0.4, 0.5) is 4.79 Å². The molecule has 18 heavy (non-hydrogen) atoms. The fourth-order valence-corrected chi connectivity index (χ4v) is 1.37. The lowest BCUT2D eigenvalue weighted by molar-refractivity contribution is -0.144. The van der Waals surface area contributed by atoms with Crippen molar-refractivity contribution in [2.24, 2.45) is 0 Å². The maximum absolute atomic E-state index is 11.7. The monoisotopic (exact) mass is 260 g/mol. The molecule has 0 aromatic heterocycles. The fourth-order valence-electron chi connectivity index (χ4n) is 1.37. The minimum Gasteiger partial charge on any atom is -0.480 e. The van der Waals surface area contributed by atoms with Crippen molar-refractivity contribution >= 4 is 18.0 Å². The highest BCUT2D eigenvalue weighted by Crippen LogP contribution is 2.03. The second-order valence-electron chi connectivity index (χ2n) is 3.80. The molecule has 0 spiro atoms. The Balaban J connectivity index is 4.47. The predicted molar refractivity (Wildman–Crippen MR) is 64.1 cm³/mol. The smallest absolute Gasteiger partial charge is 0.328 e. The summed E-state index contributed by atoms with van der Waals surface area (Å²) in [5.74, 6) is -1.64. The van der Waals surface area contributed by atoms with E-state index in [1.165, 1.54) is 14.0 Å². The van der Waals surface area contributed by atoms with Crippen molar-refractivity contribution in [3.8, 4) is 0 Å².